The first-order chi connectivity index (χ1) is 23.5. The van der Waals surface area contributed by atoms with Gasteiger partial charge in [-0.25, -0.2) is 18.0 Å². The number of hydrogen-bond acceptors (Lipinski definition) is 11. The van der Waals surface area contributed by atoms with Crippen LogP contribution in [0.4, 0.5) is 21.0 Å². The van der Waals surface area contributed by atoms with Crippen LogP contribution in [-0.2, 0) is 33.9 Å². The van der Waals surface area contributed by atoms with Crippen molar-refractivity contribution in [1.29, 1.82) is 0 Å². The van der Waals surface area contributed by atoms with Crippen molar-refractivity contribution in [2.24, 2.45) is 11.3 Å². The minimum atomic E-state index is -3.95. The number of nitrogens with zero attached hydrogens (tertiary/aromatic N) is 2. The summed E-state index contributed by atoms with van der Waals surface area (Å²) in [4.78, 5) is 79.3. The van der Waals surface area contributed by atoms with E-state index in [1.807, 2.05) is 0 Å². The average molecular weight is 735 g/mol. The van der Waals surface area contributed by atoms with Crippen LogP contribution >= 0.6 is 0 Å². The number of anilines is 1. The van der Waals surface area contributed by atoms with Crippen molar-refractivity contribution in [3.05, 3.63) is 46.5 Å². The number of likely N-dealkylation sites (tertiary alicyclic amines) is 1. The second-order valence-electron chi connectivity index (χ2n) is 15.3. The maximum atomic E-state index is 14.3. The zero-order valence-corrected chi connectivity index (χ0v) is 30.5. The van der Waals surface area contributed by atoms with Gasteiger partial charge in [-0.15, -0.1) is 6.58 Å². The SMILES string of the molecule is C=CC1CC1(NC(=O)C1CC(OC(=O)Nc2cc([N+](=O)[O-])ccc2C)CN1C(=O)C(NC(=O)OC(C)(C)C)C(C)(C)C)C(=O)NS(=O)(=O)C1CC1. The summed E-state index contributed by atoms with van der Waals surface area (Å²) >= 11 is 0. The Hall–Kier alpha value is -4.74. The van der Waals surface area contributed by atoms with E-state index >= 15 is 0 Å². The molecule has 51 heavy (non-hydrogen) atoms. The van der Waals surface area contributed by atoms with Gasteiger partial charge in [0.25, 0.3) is 11.6 Å². The molecule has 5 unspecified atom stereocenters. The molecule has 4 N–H and O–H groups in total. The molecule has 0 bridgehead atoms. The summed E-state index contributed by atoms with van der Waals surface area (Å²) in [5.74, 6) is -3.06. The molecule has 0 aromatic heterocycles. The third kappa shape index (κ3) is 9.33. The number of non-ortho nitro benzene ring substituents is 1. The first-order valence-corrected chi connectivity index (χ1v) is 18.1. The monoisotopic (exact) mass is 734 g/mol. The Labute approximate surface area is 296 Å². The van der Waals surface area contributed by atoms with Gasteiger partial charge < -0.3 is 25.0 Å². The highest BCUT2D eigenvalue weighted by Crippen LogP contribution is 2.45. The molecule has 0 radical (unpaired) electrons. The molecule has 3 fully saturated rings. The Bertz CT molecular complexity index is 1730. The number of sulfonamides is 1. The Kier molecular flexibility index (Phi) is 10.8. The van der Waals surface area contributed by atoms with Crippen molar-refractivity contribution in [2.75, 3.05) is 11.9 Å². The van der Waals surface area contributed by atoms with Crippen LogP contribution in [0.5, 0.6) is 0 Å². The van der Waals surface area contributed by atoms with Crippen LogP contribution in [-0.4, -0.2) is 89.3 Å². The van der Waals surface area contributed by atoms with Gasteiger partial charge in [0.1, 0.15) is 29.3 Å². The average Bonchev–Trinajstić information content (AvgIpc) is 3.92. The summed E-state index contributed by atoms with van der Waals surface area (Å²) < 4.78 is 38.2. The summed E-state index contributed by atoms with van der Waals surface area (Å²) in [5, 5.41) is 18.3. The molecule has 3 aliphatic rings. The topological polar surface area (TPSA) is 232 Å². The van der Waals surface area contributed by atoms with E-state index in [-0.39, 0.29) is 30.8 Å². The van der Waals surface area contributed by atoms with Crippen molar-refractivity contribution in [1.82, 2.24) is 20.3 Å². The minimum absolute atomic E-state index is 0.0602. The highest BCUT2D eigenvalue weighted by Gasteiger charge is 2.62. The summed E-state index contributed by atoms with van der Waals surface area (Å²) in [6.07, 6.45) is -0.902. The zero-order chi connectivity index (χ0) is 38.3. The first-order valence-electron chi connectivity index (χ1n) is 16.5. The summed E-state index contributed by atoms with van der Waals surface area (Å²) in [6.45, 7) is 15.1. The lowest BCUT2D eigenvalue weighted by atomic mass is 9.85. The zero-order valence-electron chi connectivity index (χ0n) is 29.7. The quantitative estimate of drug-likeness (QED) is 0.147. The van der Waals surface area contributed by atoms with E-state index in [2.05, 4.69) is 27.3 Å². The third-order valence-corrected chi connectivity index (χ3v) is 10.6. The van der Waals surface area contributed by atoms with Crippen molar-refractivity contribution in [3.8, 4) is 0 Å². The predicted octanol–water partition coefficient (Wildman–Crippen LogP) is 3.03. The van der Waals surface area contributed by atoms with E-state index in [1.165, 1.54) is 18.2 Å². The molecule has 1 heterocycles. The van der Waals surface area contributed by atoms with Gasteiger partial charge in [0.2, 0.25) is 21.8 Å². The molecule has 1 saturated heterocycles. The molecule has 17 nitrogen and oxygen atoms in total. The molecule has 2 aliphatic carbocycles. The lowest BCUT2D eigenvalue weighted by Crippen LogP contribution is -2.60. The van der Waals surface area contributed by atoms with Gasteiger partial charge >= 0.3 is 12.2 Å². The van der Waals surface area contributed by atoms with Gasteiger partial charge in [-0.2, -0.15) is 0 Å². The fourth-order valence-electron chi connectivity index (χ4n) is 5.78. The second-order valence-corrected chi connectivity index (χ2v) is 17.2. The molecule has 1 aromatic rings. The molecular formula is C33H46N6O11S. The largest absolute Gasteiger partial charge is 0.444 e. The Balaban J connectivity index is 1.60. The highest BCUT2D eigenvalue weighted by atomic mass is 32.2. The van der Waals surface area contributed by atoms with Crippen molar-refractivity contribution < 1.29 is 46.8 Å². The summed E-state index contributed by atoms with van der Waals surface area (Å²) in [6, 6.07) is 1.32. The normalized spacial score (nSPS) is 23.7. The second kappa shape index (κ2) is 14.1. The number of benzene rings is 1. The molecule has 4 rings (SSSR count). The van der Waals surface area contributed by atoms with Crippen LogP contribution in [0.1, 0.15) is 72.8 Å². The smallest absolute Gasteiger partial charge is 0.411 e. The number of rotatable bonds is 11. The van der Waals surface area contributed by atoms with E-state index in [4.69, 9.17) is 9.47 Å². The standard InChI is InChI=1S/C33H46N6O11S/c1-9-19-16-33(19,28(42)37-51(47,48)22-12-13-22)36-26(40)24-15-21(49-29(43)34-23-14-20(39(45)46)11-10-18(23)2)17-38(24)27(41)25(31(3,4)5)35-30(44)50-32(6,7)8/h9-11,14,19,21-22,24-25H,1,12-13,15-17H2,2-8H3,(H,34,43)(H,35,44)(H,36,40)(H,37,42). The number of nitro benzene ring substituents is 1. The van der Waals surface area contributed by atoms with Gasteiger partial charge in [-0.1, -0.05) is 32.9 Å². The molecule has 2 saturated carbocycles. The fraction of sp³-hybridized carbons (Fsp3) is 0.606. The number of amides is 5. The molecule has 18 heteroatoms. The van der Waals surface area contributed by atoms with Crippen molar-refractivity contribution in [2.45, 2.75) is 109 Å². The van der Waals surface area contributed by atoms with Crippen LogP contribution in [0.2, 0.25) is 0 Å². The van der Waals surface area contributed by atoms with Gasteiger partial charge in [0.05, 0.1) is 22.4 Å². The van der Waals surface area contributed by atoms with Gasteiger partial charge in [-0.05, 0) is 57.9 Å². The number of alkyl carbamates (subject to hydrolysis) is 1. The number of ether oxygens (including phenoxy) is 2. The lowest BCUT2D eigenvalue weighted by molar-refractivity contribution is -0.384. The van der Waals surface area contributed by atoms with Gasteiger partial charge in [-0.3, -0.25) is 34.5 Å². The molecule has 5 atom stereocenters. The number of nitro groups is 1. The molecule has 1 aliphatic heterocycles. The molecule has 0 spiro atoms. The molecule has 5 amide bonds. The molecule has 280 valence electrons. The van der Waals surface area contributed by atoms with Crippen LogP contribution in [0.3, 0.4) is 0 Å². The fourth-order valence-corrected chi connectivity index (χ4v) is 7.15. The number of carbonyl (C=O) groups is 5. The highest BCUT2D eigenvalue weighted by molar-refractivity contribution is 7.91. The Morgan fingerprint density at radius 1 is 1.10 bits per heavy atom. The van der Waals surface area contributed by atoms with Crippen LogP contribution in [0, 0.1) is 28.4 Å². The van der Waals surface area contributed by atoms with E-state index in [9.17, 15) is 42.5 Å². The van der Waals surface area contributed by atoms with Crippen molar-refractivity contribution >= 4 is 51.3 Å². The summed E-state index contributed by atoms with van der Waals surface area (Å²) in [5.41, 5.74) is -3.09. The van der Waals surface area contributed by atoms with Crippen molar-refractivity contribution in [3.63, 3.8) is 0 Å². The van der Waals surface area contributed by atoms with E-state index in [0.717, 1.165) is 11.0 Å². The minimum Gasteiger partial charge on any atom is -0.444 e. The maximum absolute atomic E-state index is 14.3. The summed E-state index contributed by atoms with van der Waals surface area (Å²) in [7, 11) is -3.95. The van der Waals surface area contributed by atoms with Gasteiger partial charge in [0.15, 0.2) is 0 Å². The molecular weight excluding hydrogens is 688 g/mol. The van der Waals surface area contributed by atoms with E-state index in [1.54, 1.807) is 48.5 Å². The number of aryl methyl sites for hydroxylation is 1. The van der Waals surface area contributed by atoms with Gasteiger partial charge in [0, 0.05) is 24.5 Å². The number of hydrogen-bond donors (Lipinski definition) is 4. The van der Waals surface area contributed by atoms with Crippen LogP contribution in [0.25, 0.3) is 0 Å². The Morgan fingerprint density at radius 2 is 1.75 bits per heavy atom. The third-order valence-electron chi connectivity index (χ3n) is 8.81. The Morgan fingerprint density at radius 3 is 2.27 bits per heavy atom. The predicted molar refractivity (Wildman–Crippen MR) is 184 cm³/mol. The first kappa shape index (κ1) is 39.1. The van der Waals surface area contributed by atoms with E-state index < -0.39 is 90.8 Å². The molecule has 1 aromatic carbocycles. The van der Waals surface area contributed by atoms with Crippen LogP contribution < -0.4 is 20.7 Å². The van der Waals surface area contributed by atoms with E-state index in [0.29, 0.717) is 18.4 Å². The number of carbonyl (C=O) groups excluding carboxylic acids is 5. The lowest BCUT2D eigenvalue weighted by Gasteiger charge is -2.36. The maximum Gasteiger partial charge on any atom is 0.411 e. The van der Waals surface area contributed by atoms with Crippen LogP contribution in [0.15, 0.2) is 30.9 Å². The number of nitrogens with one attached hydrogen (secondary N) is 4.